The highest BCUT2D eigenvalue weighted by Gasteiger charge is 2.32. The molecule has 0 radical (unpaired) electrons. The largest absolute Gasteiger partial charge is 0.467 e. The van der Waals surface area contributed by atoms with Crippen LogP contribution in [0, 0.1) is 0 Å². The lowest BCUT2D eigenvalue weighted by Crippen LogP contribution is -2.38. The van der Waals surface area contributed by atoms with Crippen molar-refractivity contribution in [3.8, 4) is 0 Å². The molecular formula is C12H14N4O2S. The number of nitrogens with zero attached hydrogens (tertiary/aromatic N) is 3. The van der Waals surface area contributed by atoms with Gasteiger partial charge in [-0.1, -0.05) is 0 Å². The number of nitrogens with one attached hydrogen (secondary N) is 1. The summed E-state index contributed by atoms with van der Waals surface area (Å²) in [4.78, 5) is 18.4. The second kappa shape index (κ2) is 5.10. The Morgan fingerprint density at radius 3 is 3.26 bits per heavy atom. The summed E-state index contributed by atoms with van der Waals surface area (Å²) in [5.41, 5.74) is 2.76. The molecule has 0 aromatic carbocycles. The van der Waals surface area contributed by atoms with Gasteiger partial charge in [-0.05, 0) is 36.6 Å². The third-order valence-corrected chi connectivity index (χ3v) is 3.80. The van der Waals surface area contributed by atoms with E-state index in [2.05, 4.69) is 14.7 Å². The van der Waals surface area contributed by atoms with Crippen molar-refractivity contribution in [3.05, 3.63) is 35.0 Å². The molecule has 0 saturated heterocycles. The van der Waals surface area contributed by atoms with Crippen molar-refractivity contribution < 1.29 is 9.21 Å². The summed E-state index contributed by atoms with van der Waals surface area (Å²) in [5.74, 6) is 1.42. The van der Waals surface area contributed by atoms with E-state index in [1.54, 1.807) is 23.7 Å². The Hall–Kier alpha value is -1.73. The SMILES string of the molecule is CNC1C(=O)N(Cc2ncsn2)CCc2ccoc21. The van der Waals surface area contributed by atoms with Crippen LogP contribution in [-0.2, 0) is 17.8 Å². The number of rotatable bonds is 3. The van der Waals surface area contributed by atoms with Crippen LogP contribution in [-0.4, -0.2) is 33.8 Å². The molecule has 2 aromatic rings. The van der Waals surface area contributed by atoms with Crippen LogP contribution < -0.4 is 5.32 Å². The maximum absolute atomic E-state index is 12.5. The lowest BCUT2D eigenvalue weighted by atomic mass is 10.1. The van der Waals surface area contributed by atoms with E-state index >= 15 is 0 Å². The summed E-state index contributed by atoms with van der Waals surface area (Å²) in [7, 11) is 1.76. The van der Waals surface area contributed by atoms with Crippen LogP contribution in [0.5, 0.6) is 0 Å². The molecule has 0 bridgehead atoms. The second-order valence-corrected chi connectivity index (χ2v) is 4.99. The van der Waals surface area contributed by atoms with Gasteiger partial charge < -0.3 is 14.6 Å². The van der Waals surface area contributed by atoms with E-state index in [0.29, 0.717) is 18.9 Å². The van der Waals surface area contributed by atoms with E-state index in [-0.39, 0.29) is 5.91 Å². The van der Waals surface area contributed by atoms with Crippen molar-refractivity contribution in [1.29, 1.82) is 0 Å². The Kier molecular flexibility index (Phi) is 3.31. The minimum absolute atomic E-state index is 0.00556. The number of likely N-dealkylation sites (N-methyl/N-ethyl adjacent to an activating group) is 1. The minimum atomic E-state index is -0.425. The van der Waals surface area contributed by atoms with E-state index in [4.69, 9.17) is 4.42 Å². The zero-order valence-corrected chi connectivity index (χ0v) is 11.3. The molecule has 6 nitrogen and oxygen atoms in total. The van der Waals surface area contributed by atoms with Crippen molar-refractivity contribution in [3.63, 3.8) is 0 Å². The topological polar surface area (TPSA) is 71.3 Å². The van der Waals surface area contributed by atoms with E-state index in [1.165, 1.54) is 11.5 Å². The van der Waals surface area contributed by atoms with Crippen LogP contribution in [0.4, 0.5) is 0 Å². The number of hydrogen-bond donors (Lipinski definition) is 1. The molecule has 1 unspecified atom stereocenters. The van der Waals surface area contributed by atoms with Crippen molar-refractivity contribution >= 4 is 17.4 Å². The Bertz CT molecular complexity index is 566. The van der Waals surface area contributed by atoms with Gasteiger partial charge in [0.2, 0.25) is 5.91 Å². The predicted molar refractivity (Wildman–Crippen MR) is 69.5 cm³/mol. The normalized spacial score (nSPS) is 19.3. The average Bonchev–Trinajstić information content (AvgIpc) is 3.04. The Morgan fingerprint density at radius 1 is 1.63 bits per heavy atom. The molecule has 0 aliphatic carbocycles. The molecule has 7 heteroatoms. The standard InChI is InChI=1S/C12H14N4O2S/c1-13-10-11-8(3-5-18-11)2-4-16(12(10)17)6-9-14-7-19-15-9/h3,5,7,10,13H,2,4,6H2,1H3. The summed E-state index contributed by atoms with van der Waals surface area (Å²) >= 11 is 1.30. The zero-order valence-electron chi connectivity index (χ0n) is 10.5. The third-order valence-electron chi connectivity index (χ3n) is 3.28. The fourth-order valence-corrected chi connectivity index (χ4v) is 2.75. The predicted octanol–water partition coefficient (Wildman–Crippen LogP) is 0.976. The molecule has 1 amide bonds. The van der Waals surface area contributed by atoms with Gasteiger partial charge >= 0.3 is 0 Å². The maximum atomic E-state index is 12.5. The molecule has 0 spiro atoms. The number of carbonyl (C=O) groups is 1. The molecule has 1 atom stereocenters. The smallest absolute Gasteiger partial charge is 0.248 e. The van der Waals surface area contributed by atoms with Crippen molar-refractivity contribution in [2.45, 2.75) is 19.0 Å². The number of fused-ring (bicyclic) bond motifs is 1. The van der Waals surface area contributed by atoms with E-state index < -0.39 is 6.04 Å². The summed E-state index contributed by atoms with van der Waals surface area (Å²) in [6.45, 7) is 1.10. The minimum Gasteiger partial charge on any atom is -0.467 e. The summed E-state index contributed by atoms with van der Waals surface area (Å²) in [5, 5.41) is 3.02. The monoisotopic (exact) mass is 278 g/mol. The number of amides is 1. The Balaban J connectivity index is 1.85. The van der Waals surface area contributed by atoms with Crippen LogP contribution in [0.15, 0.2) is 22.3 Å². The summed E-state index contributed by atoms with van der Waals surface area (Å²) < 4.78 is 9.61. The first kappa shape index (κ1) is 12.3. The van der Waals surface area contributed by atoms with Gasteiger partial charge in [-0.3, -0.25) is 4.79 Å². The van der Waals surface area contributed by atoms with Crippen LogP contribution in [0.1, 0.15) is 23.2 Å². The summed E-state index contributed by atoms with van der Waals surface area (Å²) in [6, 6.07) is 1.50. The van der Waals surface area contributed by atoms with Gasteiger partial charge in [-0.2, -0.15) is 4.37 Å². The second-order valence-electron chi connectivity index (χ2n) is 4.39. The van der Waals surface area contributed by atoms with Crippen LogP contribution in [0.25, 0.3) is 0 Å². The molecule has 1 aliphatic heterocycles. The number of hydrogen-bond acceptors (Lipinski definition) is 6. The Labute approximate surface area is 114 Å². The number of furan rings is 1. The lowest BCUT2D eigenvalue weighted by Gasteiger charge is -2.22. The molecule has 3 heterocycles. The van der Waals surface area contributed by atoms with Gasteiger partial charge in [0.25, 0.3) is 0 Å². The highest BCUT2D eigenvalue weighted by atomic mass is 32.1. The summed E-state index contributed by atoms with van der Waals surface area (Å²) in [6.07, 6.45) is 2.43. The van der Waals surface area contributed by atoms with Gasteiger partial charge in [0.05, 0.1) is 12.8 Å². The van der Waals surface area contributed by atoms with Crippen molar-refractivity contribution in [1.82, 2.24) is 19.6 Å². The van der Waals surface area contributed by atoms with Crippen LogP contribution in [0.2, 0.25) is 0 Å². The quantitative estimate of drug-likeness (QED) is 0.906. The molecule has 19 heavy (non-hydrogen) atoms. The number of aromatic nitrogens is 2. The average molecular weight is 278 g/mol. The molecular weight excluding hydrogens is 264 g/mol. The van der Waals surface area contributed by atoms with Crippen LogP contribution >= 0.6 is 11.5 Å². The van der Waals surface area contributed by atoms with Crippen molar-refractivity contribution in [2.75, 3.05) is 13.6 Å². The first-order valence-electron chi connectivity index (χ1n) is 6.07. The van der Waals surface area contributed by atoms with Gasteiger partial charge in [0.1, 0.15) is 17.3 Å². The van der Waals surface area contributed by atoms with Gasteiger partial charge in [-0.25, -0.2) is 4.98 Å². The Morgan fingerprint density at radius 2 is 2.53 bits per heavy atom. The fourth-order valence-electron chi connectivity index (χ4n) is 2.31. The highest BCUT2D eigenvalue weighted by molar-refractivity contribution is 7.03. The first-order valence-corrected chi connectivity index (χ1v) is 6.91. The van der Waals surface area contributed by atoms with E-state index in [1.807, 2.05) is 6.07 Å². The molecule has 0 fully saturated rings. The van der Waals surface area contributed by atoms with Gasteiger partial charge in [0.15, 0.2) is 5.82 Å². The maximum Gasteiger partial charge on any atom is 0.248 e. The third kappa shape index (κ3) is 2.26. The molecule has 100 valence electrons. The first-order chi connectivity index (χ1) is 9.29. The van der Waals surface area contributed by atoms with Crippen LogP contribution in [0.3, 0.4) is 0 Å². The van der Waals surface area contributed by atoms with Gasteiger partial charge in [0, 0.05) is 6.54 Å². The van der Waals surface area contributed by atoms with E-state index in [9.17, 15) is 4.79 Å². The van der Waals surface area contributed by atoms with Crippen molar-refractivity contribution in [2.24, 2.45) is 0 Å². The number of carbonyl (C=O) groups excluding carboxylic acids is 1. The highest BCUT2D eigenvalue weighted by Crippen LogP contribution is 2.26. The molecule has 2 aromatic heterocycles. The molecule has 1 aliphatic rings. The molecule has 1 N–H and O–H groups in total. The molecule has 3 rings (SSSR count). The van der Waals surface area contributed by atoms with E-state index in [0.717, 1.165) is 17.7 Å². The zero-order chi connectivity index (χ0) is 13.2. The molecule has 0 saturated carbocycles. The fraction of sp³-hybridized carbons (Fsp3) is 0.417. The van der Waals surface area contributed by atoms with Gasteiger partial charge in [-0.15, -0.1) is 0 Å². The lowest BCUT2D eigenvalue weighted by molar-refractivity contribution is -0.134.